The molecule has 0 atom stereocenters. The number of rotatable bonds is 2. The van der Waals surface area contributed by atoms with Crippen molar-refractivity contribution in [1.29, 1.82) is 0 Å². The number of nitrogens with zero attached hydrogens (tertiary/aromatic N) is 4. The summed E-state index contributed by atoms with van der Waals surface area (Å²) in [6, 6.07) is 12.1. The van der Waals surface area contributed by atoms with Gasteiger partial charge in [-0.05, 0) is 37.3 Å². The Kier molecular flexibility index (Phi) is 3.82. The number of hydrogen-bond donors (Lipinski definition) is 0. The van der Waals surface area contributed by atoms with Gasteiger partial charge in [0.15, 0.2) is 17.0 Å². The van der Waals surface area contributed by atoms with Crippen molar-refractivity contribution in [3.05, 3.63) is 65.3 Å². The summed E-state index contributed by atoms with van der Waals surface area (Å²) in [5.41, 5.74) is 3.45. The lowest BCUT2D eigenvalue weighted by atomic mass is 10.3. The molecule has 8 heteroatoms. The molecule has 29 heavy (non-hydrogen) atoms. The van der Waals surface area contributed by atoms with E-state index in [4.69, 9.17) is 26.3 Å². The van der Waals surface area contributed by atoms with Crippen molar-refractivity contribution in [2.75, 3.05) is 0 Å². The Morgan fingerprint density at radius 2 is 1.93 bits per heavy atom. The summed E-state index contributed by atoms with van der Waals surface area (Å²) in [6.07, 6.45) is 1.64. The Balaban J connectivity index is 1.93. The first kappa shape index (κ1) is 17.6. The summed E-state index contributed by atoms with van der Waals surface area (Å²) >= 11 is 5.98. The number of halogens is 2. The maximum Gasteiger partial charge on any atom is 0.308 e. The number of carbonyl (C=O) groups excluding carboxylic acids is 1. The number of benzene rings is 2. The van der Waals surface area contributed by atoms with Crippen LogP contribution in [0.1, 0.15) is 12.7 Å². The first-order chi connectivity index (χ1) is 13.9. The molecule has 0 aliphatic heterocycles. The molecule has 0 bridgehead atoms. The van der Waals surface area contributed by atoms with Crippen molar-refractivity contribution in [2.24, 2.45) is 0 Å². The van der Waals surface area contributed by atoms with Crippen LogP contribution in [0.3, 0.4) is 0 Å². The van der Waals surface area contributed by atoms with E-state index in [0.717, 1.165) is 11.0 Å². The van der Waals surface area contributed by atoms with Crippen LogP contribution in [0.5, 0.6) is 5.75 Å². The largest absolute Gasteiger partial charge is 0.424 e. The van der Waals surface area contributed by atoms with Gasteiger partial charge in [-0.2, -0.15) is 0 Å². The fourth-order valence-electron chi connectivity index (χ4n) is 3.58. The molecule has 3 aromatic heterocycles. The number of hydrogen-bond acceptors (Lipinski definition) is 4. The van der Waals surface area contributed by atoms with Crippen LogP contribution in [0, 0.1) is 12.7 Å². The maximum atomic E-state index is 13.7. The Labute approximate surface area is 169 Å². The van der Waals surface area contributed by atoms with E-state index in [9.17, 15) is 9.18 Å². The normalized spacial score (nSPS) is 11.6. The lowest BCUT2D eigenvalue weighted by Gasteiger charge is -2.07. The molecule has 0 spiro atoms. The van der Waals surface area contributed by atoms with E-state index in [1.807, 2.05) is 35.6 Å². The Bertz CT molecular complexity index is 1450. The molecule has 0 aliphatic rings. The molecule has 0 aliphatic carbocycles. The third-order valence-electron chi connectivity index (χ3n) is 4.76. The maximum absolute atomic E-state index is 13.7. The van der Waals surface area contributed by atoms with E-state index < -0.39 is 11.8 Å². The number of esters is 1. The molecule has 0 saturated heterocycles. The van der Waals surface area contributed by atoms with Gasteiger partial charge in [-0.1, -0.05) is 23.7 Å². The second-order valence-electron chi connectivity index (χ2n) is 6.67. The van der Waals surface area contributed by atoms with Crippen LogP contribution < -0.4 is 4.74 Å². The molecule has 0 fully saturated rings. The lowest BCUT2D eigenvalue weighted by molar-refractivity contribution is -0.131. The van der Waals surface area contributed by atoms with Crippen LogP contribution in [0.25, 0.3) is 33.4 Å². The van der Waals surface area contributed by atoms with Crippen LogP contribution in [-0.4, -0.2) is 24.9 Å². The molecule has 5 aromatic rings. The monoisotopic (exact) mass is 408 g/mol. The Hall–Kier alpha value is -3.45. The second kappa shape index (κ2) is 6.28. The zero-order valence-electron chi connectivity index (χ0n) is 15.5. The first-order valence-corrected chi connectivity index (χ1v) is 9.24. The smallest absolute Gasteiger partial charge is 0.308 e. The molecule has 6 nitrogen and oxygen atoms in total. The fraction of sp³-hybridized carbons (Fsp3) is 0.0952. The molecule has 3 heterocycles. The average molecular weight is 409 g/mol. The summed E-state index contributed by atoms with van der Waals surface area (Å²) in [6.45, 7) is 3.21. The first-order valence-electron chi connectivity index (χ1n) is 8.87. The van der Waals surface area contributed by atoms with Crippen LogP contribution in [0.4, 0.5) is 4.39 Å². The van der Waals surface area contributed by atoms with Crippen molar-refractivity contribution < 1.29 is 13.9 Å². The molecular formula is C21H14ClFN4O2. The van der Waals surface area contributed by atoms with Gasteiger partial charge in [-0.3, -0.25) is 13.8 Å². The molecule has 144 valence electrons. The minimum atomic E-state index is -0.516. The lowest BCUT2D eigenvalue weighted by Crippen LogP contribution is -2.02. The quantitative estimate of drug-likeness (QED) is 0.392. The Morgan fingerprint density at radius 1 is 1.14 bits per heavy atom. The molecule has 0 amide bonds. The van der Waals surface area contributed by atoms with Gasteiger partial charge in [0.25, 0.3) is 0 Å². The Morgan fingerprint density at radius 3 is 2.69 bits per heavy atom. The van der Waals surface area contributed by atoms with Crippen molar-refractivity contribution >= 4 is 45.3 Å². The number of aromatic nitrogens is 4. The third-order valence-corrected chi connectivity index (χ3v) is 5.04. The minimum Gasteiger partial charge on any atom is -0.424 e. The molecular weight excluding hydrogens is 395 g/mol. The number of fused-ring (bicyclic) bond motifs is 5. The number of ether oxygens (including phenoxy) is 1. The SMILES string of the molecule is CC(=O)Oc1cn(-c2ccc(F)c(Cl)c2)c2nc(C)n3c4ccccc4nc3c12. The van der Waals surface area contributed by atoms with Crippen molar-refractivity contribution in [3.63, 3.8) is 0 Å². The van der Waals surface area contributed by atoms with Gasteiger partial charge in [-0.25, -0.2) is 14.4 Å². The number of aryl methyl sites for hydroxylation is 1. The highest BCUT2D eigenvalue weighted by Gasteiger charge is 2.21. The topological polar surface area (TPSA) is 61.4 Å². The standard InChI is InChI=1S/C21H14ClFN4O2/c1-11-24-20-19(21-25-16-5-3-4-6-17(16)27(11)21)18(29-12(2)28)10-26(20)13-7-8-15(23)14(22)9-13/h3-10H,1-2H3. The summed E-state index contributed by atoms with van der Waals surface area (Å²) in [5.74, 6) is 0.0537. The van der Waals surface area contributed by atoms with Crippen molar-refractivity contribution in [1.82, 2.24) is 18.9 Å². The van der Waals surface area contributed by atoms with E-state index in [0.29, 0.717) is 33.9 Å². The molecule has 0 radical (unpaired) electrons. The fourth-order valence-corrected chi connectivity index (χ4v) is 3.76. The molecule has 5 rings (SSSR count). The minimum absolute atomic E-state index is 0.0114. The van der Waals surface area contributed by atoms with Crippen LogP contribution in [-0.2, 0) is 4.79 Å². The van der Waals surface area contributed by atoms with Gasteiger partial charge in [0.2, 0.25) is 0 Å². The summed E-state index contributed by atoms with van der Waals surface area (Å²) in [5, 5.41) is 0.574. The number of para-hydroxylation sites is 2. The van der Waals surface area contributed by atoms with E-state index in [1.165, 1.54) is 19.1 Å². The van der Waals surface area contributed by atoms with Gasteiger partial charge < -0.3 is 4.74 Å². The molecule has 0 saturated carbocycles. The van der Waals surface area contributed by atoms with Crippen LogP contribution >= 0.6 is 11.6 Å². The highest BCUT2D eigenvalue weighted by Crippen LogP contribution is 2.35. The third kappa shape index (κ3) is 2.66. The van der Waals surface area contributed by atoms with Crippen LogP contribution in [0.15, 0.2) is 48.7 Å². The molecule has 0 unspecified atom stereocenters. The molecule has 0 N–H and O–H groups in total. The summed E-state index contributed by atoms with van der Waals surface area (Å²) < 4.78 is 22.8. The number of carbonyl (C=O) groups is 1. The molecule has 2 aromatic carbocycles. The zero-order chi connectivity index (χ0) is 20.3. The summed E-state index contributed by atoms with van der Waals surface area (Å²) in [4.78, 5) is 21.2. The highest BCUT2D eigenvalue weighted by molar-refractivity contribution is 6.30. The average Bonchev–Trinajstić information content (AvgIpc) is 3.22. The van der Waals surface area contributed by atoms with E-state index in [1.54, 1.807) is 16.8 Å². The van der Waals surface area contributed by atoms with Crippen molar-refractivity contribution in [3.8, 4) is 11.4 Å². The highest BCUT2D eigenvalue weighted by atomic mass is 35.5. The van der Waals surface area contributed by atoms with Gasteiger partial charge in [0, 0.05) is 12.6 Å². The predicted molar refractivity (Wildman–Crippen MR) is 108 cm³/mol. The van der Waals surface area contributed by atoms with Crippen LogP contribution in [0.2, 0.25) is 5.02 Å². The van der Waals surface area contributed by atoms with Crippen molar-refractivity contribution in [2.45, 2.75) is 13.8 Å². The second-order valence-corrected chi connectivity index (χ2v) is 7.08. The van der Waals surface area contributed by atoms with E-state index in [-0.39, 0.29) is 5.02 Å². The van der Waals surface area contributed by atoms with Gasteiger partial charge in [0.1, 0.15) is 17.0 Å². The summed E-state index contributed by atoms with van der Waals surface area (Å²) in [7, 11) is 0. The van der Waals surface area contributed by atoms with E-state index >= 15 is 0 Å². The van der Waals surface area contributed by atoms with Gasteiger partial charge in [0.05, 0.1) is 22.3 Å². The predicted octanol–water partition coefficient (Wildman–Crippen LogP) is 4.85. The zero-order valence-corrected chi connectivity index (χ0v) is 16.2. The van der Waals surface area contributed by atoms with Gasteiger partial charge in [-0.15, -0.1) is 0 Å². The number of imidazole rings is 1. The van der Waals surface area contributed by atoms with E-state index in [2.05, 4.69) is 0 Å². The van der Waals surface area contributed by atoms with Gasteiger partial charge >= 0.3 is 5.97 Å².